The lowest BCUT2D eigenvalue weighted by Crippen LogP contribution is -2.31. The third-order valence-electron chi connectivity index (χ3n) is 5.98. The first-order valence-electron chi connectivity index (χ1n) is 12.0. The minimum atomic E-state index is -3.74. The van der Waals surface area contributed by atoms with Gasteiger partial charge in [0, 0.05) is 23.4 Å². The zero-order chi connectivity index (χ0) is 26.5. The van der Waals surface area contributed by atoms with E-state index in [1.54, 1.807) is 71.6 Å². The molecule has 0 amide bonds. The Labute approximate surface area is 230 Å². The molecule has 1 aliphatic rings. The van der Waals surface area contributed by atoms with Gasteiger partial charge in [0.15, 0.2) is 10.6 Å². The molecule has 0 saturated carbocycles. The van der Waals surface area contributed by atoms with Gasteiger partial charge in [-0.15, -0.1) is 10.2 Å². The Morgan fingerprint density at radius 1 is 1.00 bits per heavy atom. The van der Waals surface area contributed by atoms with E-state index in [0.717, 1.165) is 20.5 Å². The minimum Gasteiger partial charge on any atom is -0.392 e. The van der Waals surface area contributed by atoms with Crippen molar-refractivity contribution >= 4 is 38.8 Å². The summed E-state index contributed by atoms with van der Waals surface area (Å²) in [6.07, 6.45) is -0.447. The second kappa shape index (κ2) is 11.9. The Bertz CT molecular complexity index is 1460. The number of aliphatic hydroxyl groups excluding tert-OH is 1. The molecule has 0 spiro atoms. The summed E-state index contributed by atoms with van der Waals surface area (Å²) in [5.74, 6) is 0.667. The molecule has 1 fully saturated rings. The van der Waals surface area contributed by atoms with Crippen molar-refractivity contribution in [2.75, 3.05) is 10.5 Å². The lowest BCUT2D eigenvalue weighted by molar-refractivity contribution is -0.245. The molecular weight excluding hydrogens is 543 g/mol. The molecule has 1 aliphatic heterocycles. The van der Waals surface area contributed by atoms with Gasteiger partial charge in [0.05, 0.1) is 23.7 Å². The fourth-order valence-electron chi connectivity index (χ4n) is 4.09. The van der Waals surface area contributed by atoms with Gasteiger partial charge in [-0.2, -0.15) is 0 Å². The SMILES string of the molecule is Cc1nnc(SC[C@H]2C[C@@H](c3ccc(CO)cc3)O[C@@H](c3cccc(NS(=O)(=O)c4ccccc4)c3)O2)s1. The Morgan fingerprint density at radius 3 is 2.50 bits per heavy atom. The van der Waals surface area contributed by atoms with Crippen LogP contribution >= 0.6 is 23.1 Å². The monoisotopic (exact) mass is 569 g/mol. The van der Waals surface area contributed by atoms with Crippen LogP contribution in [0.1, 0.15) is 40.5 Å². The highest BCUT2D eigenvalue weighted by Crippen LogP contribution is 2.40. The van der Waals surface area contributed by atoms with Crippen LogP contribution in [0.25, 0.3) is 0 Å². The lowest BCUT2D eigenvalue weighted by atomic mass is 10.0. The molecule has 3 aromatic carbocycles. The Morgan fingerprint density at radius 2 is 1.79 bits per heavy atom. The maximum absolute atomic E-state index is 12.8. The van der Waals surface area contributed by atoms with Crippen molar-refractivity contribution in [1.29, 1.82) is 0 Å². The number of aryl methyl sites for hydroxylation is 1. The van der Waals surface area contributed by atoms with Gasteiger partial charge in [-0.3, -0.25) is 4.72 Å². The van der Waals surface area contributed by atoms with Crippen LogP contribution in [0, 0.1) is 6.92 Å². The number of hydrogen-bond donors (Lipinski definition) is 2. The highest BCUT2D eigenvalue weighted by Gasteiger charge is 2.32. The van der Waals surface area contributed by atoms with Crippen molar-refractivity contribution in [2.45, 2.75) is 47.7 Å². The normalized spacial score (nSPS) is 19.8. The molecule has 8 nitrogen and oxygen atoms in total. The average Bonchev–Trinajstić information content (AvgIpc) is 3.37. The molecule has 0 unspecified atom stereocenters. The van der Waals surface area contributed by atoms with Gasteiger partial charge >= 0.3 is 0 Å². The van der Waals surface area contributed by atoms with Crippen molar-refractivity contribution in [3.05, 3.63) is 101 Å². The van der Waals surface area contributed by atoms with Gasteiger partial charge in [0.1, 0.15) is 5.01 Å². The number of benzene rings is 3. The largest absolute Gasteiger partial charge is 0.392 e. The van der Waals surface area contributed by atoms with Crippen LogP contribution in [0.15, 0.2) is 88.1 Å². The van der Waals surface area contributed by atoms with Crippen molar-refractivity contribution < 1.29 is 23.0 Å². The first kappa shape index (κ1) is 26.8. The quantitative estimate of drug-likeness (QED) is 0.255. The summed E-state index contributed by atoms with van der Waals surface area (Å²) in [7, 11) is -3.74. The zero-order valence-electron chi connectivity index (χ0n) is 20.6. The third kappa shape index (κ3) is 6.60. The van der Waals surface area contributed by atoms with Crippen LogP contribution in [0.5, 0.6) is 0 Å². The predicted octanol–water partition coefficient (Wildman–Crippen LogP) is 5.48. The van der Waals surface area contributed by atoms with E-state index in [-0.39, 0.29) is 23.7 Å². The van der Waals surface area contributed by atoms with E-state index in [1.807, 2.05) is 37.3 Å². The molecule has 198 valence electrons. The van der Waals surface area contributed by atoms with Crippen molar-refractivity contribution in [1.82, 2.24) is 10.2 Å². The molecule has 0 radical (unpaired) electrons. The van der Waals surface area contributed by atoms with Crippen LogP contribution in [-0.2, 0) is 26.1 Å². The summed E-state index contributed by atoms with van der Waals surface area (Å²) >= 11 is 3.14. The average molecular weight is 570 g/mol. The lowest BCUT2D eigenvalue weighted by Gasteiger charge is -2.36. The molecular formula is C27H27N3O5S3. The van der Waals surface area contributed by atoms with Crippen molar-refractivity contribution in [3.8, 4) is 0 Å². The number of nitrogens with one attached hydrogen (secondary N) is 1. The molecule has 1 saturated heterocycles. The molecule has 2 N–H and O–H groups in total. The Kier molecular flexibility index (Phi) is 8.42. The summed E-state index contributed by atoms with van der Waals surface area (Å²) in [4.78, 5) is 0.186. The van der Waals surface area contributed by atoms with Gasteiger partial charge in [-0.1, -0.05) is 77.7 Å². The summed E-state index contributed by atoms with van der Waals surface area (Å²) in [5, 5.41) is 18.6. The first-order valence-corrected chi connectivity index (χ1v) is 15.3. The fourth-order valence-corrected chi connectivity index (χ4v) is 7.02. The Hall–Kier alpha value is -2.80. The summed E-state index contributed by atoms with van der Waals surface area (Å²) in [6, 6.07) is 23.0. The van der Waals surface area contributed by atoms with E-state index in [0.29, 0.717) is 23.4 Å². The number of rotatable bonds is 9. The predicted molar refractivity (Wildman–Crippen MR) is 147 cm³/mol. The van der Waals surface area contributed by atoms with E-state index >= 15 is 0 Å². The van der Waals surface area contributed by atoms with Crippen molar-refractivity contribution in [3.63, 3.8) is 0 Å². The standard InChI is InChI=1S/C27H27N3O5S3/c1-18-28-29-27(37-18)36-17-23-15-25(20-12-10-19(16-31)11-13-20)35-26(34-23)21-6-5-7-22(14-21)30-38(32,33)24-8-3-2-4-9-24/h2-14,23,25-26,30-31H,15-17H2,1H3/t23-,25+,26+/m1/s1. The minimum absolute atomic E-state index is 0.0241. The molecule has 0 bridgehead atoms. The molecule has 5 rings (SSSR count). The molecule has 0 aliphatic carbocycles. The van der Waals surface area contributed by atoms with Gasteiger partial charge in [-0.05, 0) is 42.3 Å². The number of aliphatic hydroxyl groups is 1. The molecule has 38 heavy (non-hydrogen) atoms. The van der Waals surface area contributed by atoms with Gasteiger partial charge < -0.3 is 14.6 Å². The number of anilines is 1. The van der Waals surface area contributed by atoms with E-state index in [4.69, 9.17) is 9.47 Å². The first-order chi connectivity index (χ1) is 18.4. The molecule has 1 aromatic heterocycles. The Balaban J connectivity index is 1.37. The summed E-state index contributed by atoms with van der Waals surface area (Å²) < 4.78 is 42.0. The maximum Gasteiger partial charge on any atom is 0.261 e. The zero-order valence-corrected chi connectivity index (χ0v) is 23.0. The third-order valence-corrected chi connectivity index (χ3v) is 9.48. The molecule has 2 heterocycles. The second-order valence-electron chi connectivity index (χ2n) is 8.79. The fraction of sp³-hybridized carbons (Fsp3) is 0.259. The number of nitrogens with zero attached hydrogens (tertiary/aromatic N) is 2. The maximum atomic E-state index is 12.8. The topological polar surface area (TPSA) is 111 Å². The van der Waals surface area contributed by atoms with E-state index in [2.05, 4.69) is 14.9 Å². The van der Waals surface area contributed by atoms with E-state index in [1.165, 1.54) is 0 Å². The molecule has 3 atom stereocenters. The second-order valence-corrected chi connectivity index (χ2v) is 12.9. The summed E-state index contributed by atoms with van der Waals surface area (Å²) in [6.45, 7) is 1.90. The van der Waals surface area contributed by atoms with E-state index < -0.39 is 16.3 Å². The highest BCUT2D eigenvalue weighted by molar-refractivity contribution is 8.01. The van der Waals surface area contributed by atoms with Crippen LogP contribution in [0.4, 0.5) is 5.69 Å². The highest BCUT2D eigenvalue weighted by atomic mass is 32.2. The van der Waals surface area contributed by atoms with Gasteiger partial charge in [0.25, 0.3) is 10.0 Å². The number of hydrogen-bond acceptors (Lipinski definition) is 9. The van der Waals surface area contributed by atoms with Crippen LogP contribution in [-0.4, -0.2) is 35.6 Å². The van der Waals surface area contributed by atoms with Crippen LogP contribution < -0.4 is 4.72 Å². The van der Waals surface area contributed by atoms with Gasteiger partial charge in [-0.25, -0.2) is 8.42 Å². The smallest absolute Gasteiger partial charge is 0.261 e. The van der Waals surface area contributed by atoms with Gasteiger partial charge in [0.2, 0.25) is 0 Å². The number of thioether (sulfide) groups is 1. The van der Waals surface area contributed by atoms with Crippen molar-refractivity contribution in [2.24, 2.45) is 0 Å². The number of ether oxygens (including phenoxy) is 2. The van der Waals surface area contributed by atoms with Crippen LogP contribution in [0.2, 0.25) is 0 Å². The number of aromatic nitrogens is 2. The number of sulfonamides is 1. The molecule has 11 heteroatoms. The van der Waals surface area contributed by atoms with Crippen LogP contribution in [0.3, 0.4) is 0 Å². The van der Waals surface area contributed by atoms with E-state index in [9.17, 15) is 13.5 Å². The summed E-state index contributed by atoms with van der Waals surface area (Å²) in [5.41, 5.74) is 2.94. The molecule has 4 aromatic rings.